The maximum absolute atomic E-state index is 12.0. The van der Waals surface area contributed by atoms with Gasteiger partial charge in [0.1, 0.15) is 5.75 Å². The molecule has 3 aromatic rings. The Morgan fingerprint density at radius 3 is 2.79 bits per heavy atom. The summed E-state index contributed by atoms with van der Waals surface area (Å²) in [4.78, 5) is 18.8. The summed E-state index contributed by atoms with van der Waals surface area (Å²) < 4.78 is 1.03. The van der Waals surface area contributed by atoms with Crippen molar-refractivity contribution in [2.45, 2.75) is 20.4 Å². The van der Waals surface area contributed by atoms with Crippen LogP contribution in [0, 0.1) is 0 Å². The third kappa shape index (κ3) is 5.05. The monoisotopic (exact) mass is 397 g/mol. The lowest BCUT2D eigenvalue weighted by Gasteiger charge is -2.17. The molecule has 2 amide bonds. The second kappa shape index (κ2) is 9.29. The van der Waals surface area contributed by atoms with Crippen molar-refractivity contribution < 1.29 is 9.90 Å². The average molecular weight is 398 g/mol. The Labute approximate surface area is 167 Å². The summed E-state index contributed by atoms with van der Waals surface area (Å²) in [5.74, 6) is 0.0974. The van der Waals surface area contributed by atoms with E-state index in [1.807, 2.05) is 6.07 Å². The SMILES string of the molecule is CCN(CC)Cc1ccc2nc(NC(=O)N/N=C/c3ccccc3O)sc2c1. The number of nitrogens with zero attached hydrogens (tertiary/aromatic N) is 3. The molecule has 0 fully saturated rings. The van der Waals surface area contributed by atoms with Crippen LogP contribution < -0.4 is 10.7 Å². The van der Waals surface area contributed by atoms with Crippen molar-refractivity contribution in [3.8, 4) is 5.75 Å². The first-order valence-corrected chi connectivity index (χ1v) is 9.90. The lowest BCUT2D eigenvalue weighted by Crippen LogP contribution is -2.24. The lowest BCUT2D eigenvalue weighted by molar-refractivity contribution is 0.252. The van der Waals surface area contributed by atoms with Gasteiger partial charge in [0.05, 0.1) is 16.4 Å². The van der Waals surface area contributed by atoms with Crippen molar-refractivity contribution >= 4 is 38.9 Å². The largest absolute Gasteiger partial charge is 0.507 e. The van der Waals surface area contributed by atoms with Crippen LogP contribution in [0.5, 0.6) is 5.75 Å². The summed E-state index contributed by atoms with van der Waals surface area (Å²) in [5.41, 5.74) is 4.96. The first kappa shape index (κ1) is 19.8. The number of para-hydroxylation sites is 1. The molecule has 28 heavy (non-hydrogen) atoms. The number of rotatable bonds is 7. The van der Waals surface area contributed by atoms with E-state index in [1.54, 1.807) is 24.3 Å². The Balaban J connectivity index is 1.62. The number of phenols is 1. The number of carbonyl (C=O) groups excluding carboxylic acids is 1. The van der Waals surface area contributed by atoms with Gasteiger partial charge >= 0.3 is 6.03 Å². The molecular weight excluding hydrogens is 374 g/mol. The number of hydrogen-bond donors (Lipinski definition) is 3. The van der Waals surface area contributed by atoms with Crippen LogP contribution in [0.15, 0.2) is 47.6 Å². The zero-order valence-electron chi connectivity index (χ0n) is 15.8. The minimum Gasteiger partial charge on any atom is -0.507 e. The van der Waals surface area contributed by atoms with Crippen molar-refractivity contribution in [2.24, 2.45) is 5.10 Å². The summed E-state index contributed by atoms with van der Waals surface area (Å²) in [5, 5.41) is 16.7. The fourth-order valence-electron chi connectivity index (χ4n) is 2.71. The molecule has 0 aliphatic rings. The van der Waals surface area contributed by atoms with Crippen LogP contribution in [-0.4, -0.2) is 40.3 Å². The molecule has 1 heterocycles. The highest BCUT2D eigenvalue weighted by Crippen LogP contribution is 2.27. The van der Waals surface area contributed by atoms with Crippen LogP contribution in [0.25, 0.3) is 10.2 Å². The number of aromatic hydroxyl groups is 1. The van der Waals surface area contributed by atoms with E-state index in [0.29, 0.717) is 10.7 Å². The van der Waals surface area contributed by atoms with Crippen LogP contribution >= 0.6 is 11.3 Å². The summed E-state index contributed by atoms with van der Waals surface area (Å²) >= 11 is 1.42. The van der Waals surface area contributed by atoms with E-state index in [2.05, 4.69) is 51.7 Å². The van der Waals surface area contributed by atoms with E-state index in [0.717, 1.165) is 29.9 Å². The molecular formula is C20H23N5O2S. The molecule has 8 heteroatoms. The van der Waals surface area contributed by atoms with Crippen LogP contribution in [0.1, 0.15) is 25.0 Å². The minimum atomic E-state index is -0.492. The highest BCUT2D eigenvalue weighted by Gasteiger charge is 2.09. The van der Waals surface area contributed by atoms with E-state index >= 15 is 0 Å². The Hall–Kier alpha value is -2.97. The minimum absolute atomic E-state index is 0.0974. The van der Waals surface area contributed by atoms with Gasteiger partial charge in [-0.3, -0.25) is 10.2 Å². The number of phenolic OH excluding ortho intramolecular Hbond substituents is 1. The third-order valence-electron chi connectivity index (χ3n) is 4.28. The third-order valence-corrected chi connectivity index (χ3v) is 5.21. The molecule has 0 saturated carbocycles. The van der Waals surface area contributed by atoms with Gasteiger partial charge in [0.2, 0.25) is 0 Å². The number of amides is 2. The van der Waals surface area contributed by atoms with Crippen LogP contribution in [0.2, 0.25) is 0 Å². The molecule has 1 aromatic heterocycles. The van der Waals surface area contributed by atoms with Crippen LogP contribution in [0.4, 0.5) is 9.93 Å². The molecule has 0 saturated heterocycles. The number of carbonyl (C=O) groups is 1. The Morgan fingerprint density at radius 2 is 2.04 bits per heavy atom. The molecule has 2 aromatic carbocycles. The van der Waals surface area contributed by atoms with E-state index < -0.39 is 6.03 Å². The number of benzene rings is 2. The normalized spacial score (nSPS) is 11.4. The summed E-state index contributed by atoms with van der Waals surface area (Å²) in [6.45, 7) is 7.20. The number of fused-ring (bicyclic) bond motifs is 1. The predicted molar refractivity (Wildman–Crippen MR) is 114 cm³/mol. The molecule has 3 N–H and O–H groups in total. The maximum atomic E-state index is 12.0. The van der Waals surface area contributed by atoms with Crippen LogP contribution in [0.3, 0.4) is 0 Å². The molecule has 0 radical (unpaired) electrons. The van der Waals surface area contributed by atoms with E-state index in [4.69, 9.17) is 0 Å². The number of anilines is 1. The molecule has 0 atom stereocenters. The zero-order valence-corrected chi connectivity index (χ0v) is 16.7. The Kier molecular flexibility index (Phi) is 6.57. The van der Waals surface area contributed by atoms with E-state index in [-0.39, 0.29) is 5.75 Å². The van der Waals surface area contributed by atoms with E-state index in [1.165, 1.54) is 23.1 Å². The van der Waals surface area contributed by atoms with Gasteiger partial charge in [-0.2, -0.15) is 5.10 Å². The summed E-state index contributed by atoms with van der Waals surface area (Å²) in [6, 6.07) is 12.4. The first-order valence-electron chi connectivity index (χ1n) is 9.09. The van der Waals surface area contributed by atoms with Crippen LogP contribution in [-0.2, 0) is 6.54 Å². The molecule has 0 unspecified atom stereocenters. The standard InChI is InChI=1S/C20H23N5O2S/c1-3-25(4-2)13-14-9-10-16-18(11-14)28-20(22-16)23-19(27)24-21-12-15-7-5-6-8-17(15)26/h5-12,26H,3-4,13H2,1-2H3,(H2,22,23,24,27)/b21-12+. The molecule has 3 rings (SSSR count). The van der Waals surface area contributed by atoms with Gasteiger partial charge in [-0.05, 0) is 42.9 Å². The number of urea groups is 1. The summed E-state index contributed by atoms with van der Waals surface area (Å²) in [7, 11) is 0. The Bertz CT molecular complexity index is 982. The topological polar surface area (TPSA) is 89.9 Å². The number of aromatic nitrogens is 1. The molecule has 0 bridgehead atoms. The number of hydrogen-bond acceptors (Lipinski definition) is 6. The quantitative estimate of drug-likeness (QED) is 0.415. The van der Waals surface area contributed by atoms with Crippen molar-refractivity contribution in [3.05, 3.63) is 53.6 Å². The van der Waals surface area contributed by atoms with Gasteiger partial charge in [-0.15, -0.1) is 0 Å². The lowest BCUT2D eigenvalue weighted by atomic mass is 10.2. The molecule has 0 aliphatic heterocycles. The second-order valence-corrected chi connectivity index (χ2v) is 7.20. The highest BCUT2D eigenvalue weighted by molar-refractivity contribution is 7.22. The fraction of sp³-hybridized carbons (Fsp3) is 0.250. The second-order valence-electron chi connectivity index (χ2n) is 6.17. The Morgan fingerprint density at radius 1 is 1.25 bits per heavy atom. The molecule has 146 valence electrons. The van der Waals surface area contributed by atoms with Crippen molar-refractivity contribution in [3.63, 3.8) is 0 Å². The molecule has 0 spiro atoms. The smallest absolute Gasteiger partial charge is 0.341 e. The number of thiazole rings is 1. The van der Waals surface area contributed by atoms with Gasteiger partial charge in [0, 0.05) is 12.1 Å². The van der Waals surface area contributed by atoms with Gasteiger partial charge in [-0.25, -0.2) is 15.2 Å². The molecule has 7 nitrogen and oxygen atoms in total. The summed E-state index contributed by atoms with van der Waals surface area (Å²) in [6.07, 6.45) is 1.38. The van der Waals surface area contributed by atoms with Gasteiger partial charge in [0.25, 0.3) is 0 Å². The molecule has 0 aliphatic carbocycles. The van der Waals surface area contributed by atoms with Gasteiger partial charge in [0.15, 0.2) is 5.13 Å². The van der Waals surface area contributed by atoms with Crippen molar-refractivity contribution in [2.75, 3.05) is 18.4 Å². The fourth-order valence-corrected chi connectivity index (χ4v) is 3.63. The van der Waals surface area contributed by atoms with E-state index in [9.17, 15) is 9.90 Å². The highest BCUT2D eigenvalue weighted by atomic mass is 32.1. The zero-order chi connectivity index (χ0) is 19.9. The van der Waals surface area contributed by atoms with Crippen molar-refractivity contribution in [1.82, 2.24) is 15.3 Å². The average Bonchev–Trinajstić information content (AvgIpc) is 3.09. The number of hydrazone groups is 1. The predicted octanol–water partition coefficient (Wildman–Crippen LogP) is 4.00. The van der Waals surface area contributed by atoms with Crippen molar-refractivity contribution in [1.29, 1.82) is 0 Å². The van der Waals surface area contributed by atoms with Gasteiger partial charge < -0.3 is 5.11 Å². The number of nitrogens with one attached hydrogen (secondary N) is 2. The first-order chi connectivity index (χ1) is 13.6. The maximum Gasteiger partial charge on any atom is 0.341 e. The van der Waals surface area contributed by atoms with Gasteiger partial charge in [-0.1, -0.05) is 43.4 Å².